The van der Waals surface area contributed by atoms with Crippen molar-refractivity contribution >= 4 is 11.8 Å². The highest BCUT2D eigenvalue weighted by Gasteiger charge is 2.24. The van der Waals surface area contributed by atoms with Crippen LogP contribution in [0.25, 0.3) is 11.3 Å². The Bertz CT molecular complexity index is 735. The fourth-order valence-corrected chi connectivity index (χ4v) is 3.91. The minimum Gasteiger partial charge on any atom is -0.352 e. The summed E-state index contributed by atoms with van der Waals surface area (Å²) in [6, 6.07) is 14.6. The number of amides is 2. The summed E-state index contributed by atoms with van der Waals surface area (Å²) >= 11 is 0. The lowest BCUT2D eigenvalue weighted by atomic mass is 9.96. The molecule has 2 fully saturated rings. The van der Waals surface area contributed by atoms with Gasteiger partial charge in [0.2, 0.25) is 0 Å². The summed E-state index contributed by atoms with van der Waals surface area (Å²) < 4.78 is 0. The van der Waals surface area contributed by atoms with Crippen LogP contribution < -0.4 is 10.2 Å². The summed E-state index contributed by atoms with van der Waals surface area (Å²) in [5, 5.41) is 12.0. The molecule has 4 rings (SSSR count). The molecule has 142 valence electrons. The monoisotopic (exact) mass is 365 g/mol. The summed E-state index contributed by atoms with van der Waals surface area (Å²) in [6.45, 7) is 3.02. The van der Waals surface area contributed by atoms with E-state index in [0.29, 0.717) is 6.04 Å². The van der Waals surface area contributed by atoms with Gasteiger partial charge < -0.3 is 15.1 Å². The van der Waals surface area contributed by atoms with Crippen LogP contribution in [0.4, 0.5) is 10.6 Å². The van der Waals surface area contributed by atoms with Crippen molar-refractivity contribution in [1.29, 1.82) is 0 Å². The summed E-state index contributed by atoms with van der Waals surface area (Å²) in [5.74, 6) is 0.877. The van der Waals surface area contributed by atoms with Crippen molar-refractivity contribution in [3.8, 4) is 11.3 Å². The fourth-order valence-electron chi connectivity index (χ4n) is 3.91. The number of urea groups is 1. The molecule has 0 bridgehead atoms. The molecular formula is C21H27N5O. The highest BCUT2D eigenvalue weighted by atomic mass is 16.2. The Morgan fingerprint density at radius 2 is 1.63 bits per heavy atom. The second-order valence-electron chi connectivity index (χ2n) is 7.40. The maximum Gasteiger partial charge on any atom is 0.317 e. The van der Waals surface area contributed by atoms with E-state index in [-0.39, 0.29) is 6.03 Å². The molecule has 27 heavy (non-hydrogen) atoms. The van der Waals surface area contributed by atoms with Crippen LogP contribution in [0.2, 0.25) is 0 Å². The Morgan fingerprint density at radius 1 is 0.889 bits per heavy atom. The zero-order valence-corrected chi connectivity index (χ0v) is 15.7. The summed E-state index contributed by atoms with van der Waals surface area (Å²) in [4.78, 5) is 16.6. The molecule has 6 heteroatoms. The van der Waals surface area contributed by atoms with Gasteiger partial charge in [0.05, 0.1) is 5.69 Å². The van der Waals surface area contributed by atoms with Gasteiger partial charge in [-0.05, 0) is 25.0 Å². The zero-order valence-electron chi connectivity index (χ0n) is 15.7. The first-order valence-electron chi connectivity index (χ1n) is 9.99. The van der Waals surface area contributed by atoms with E-state index in [2.05, 4.69) is 20.4 Å². The minimum atomic E-state index is 0.0899. The normalized spacial score (nSPS) is 18.4. The molecule has 1 aromatic heterocycles. The number of anilines is 1. The minimum absolute atomic E-state index is 0.0899. The second-order valence-corrected chi connectivity index (χ2v) is 7.40. The molecule has 2 aromatic rings. The van der Waals surface area contributed by atoms with Crippen LogP contribution in [-0.2, 0) is 0 Å². The molecular weight excluding hydrogens is 338 g/mol. The van der Waals surface area contributed by atoms with E-state index in [0.717, 1.165) is 56.1 Å². The number of hydrogen-bond donors (Lipinski definition) is 1. The summed E-state index contributed by atoms with van der Waals surface area (Å²) in [5.41, 5.74) is 1.95. The first kappa shape index (κ1) is 17.8. The third-order valence-corrected chi connectivity index (χ3v) is 5.54. The highest BCUT2D eigenvalue weighted by Crippen LogP contribution is 2.20. The van der Waals surface area contributed by atoms with Gasteiger partial charge in [0.15, 0.2) is 5.82 Å². The molecule has 6 nitrogen and oxygen atoms in total. The highest BCUT2D eigenvalue weighted by molar-refractivity contribution is 5.75. The van der Waals surface area contributed by atoms with Crippen LogP contribution in [0.15, 0.2) is 42.5 Å². The van der Waals surface area contributed by atoms with Gasteiger partial charge in [-0.3, -0.25) is 0 Å². The van der Waals surface area contributed by atoms with Gasteiger partial charge in [-0.1, -0.05) is 49.6 Å². The van der Waals surface area contributed by atoms with Crippen molar-refractivity contribution in [3.05, 3.63) is 42.5 Å². The number of rotatable bonds is 3. The van der Waals surface area contributed by atoms with Crippen molar-refractivity contribution in [2.24, 2.45) is 0 Å². The first-order valence-corrected chi connectivity index (χ1v) is 9.99. The second kappa shape index (κ2) is 8.37. The van der Waals surface area contributed by atoms with Crippen LogP contribution in [0.3, 0.4) is 0 Å². The number of piperazine rings is 1. The Labute approximate surface area is 160 Å². The van der Waals surface area contributed by atoms with E-state index in [1.54, 1.807) is 0 Å². The average Bonchev–Trinajstić information content (AvgIpc) is 2.75. The van der Waals surface area contributed by atoms with Crippen LogP contribution >= 0.6 is 0 Å². The number of hydrogen-bond acceptors (Lipinski definition) is 4. The van der Waals surface area contributed by atoms with E-state index < -0.39 is 0 Å². The molecule has 2 amide bonds. The van der Waals surface area contributed by atoms with Crippen LogP contribution in [0.5, 0.6) is 0 Å². The first-order chi connectivity index (χ1) is 13.3. The number of carbonyl (C=O) groups excluding carboxylic acids is 1. The predicted octanol–water partition coefficient (Wildman–Crippen LogP) is 3.31. The van der Waals surface area contributed by atoms with Crippen molar-refractivity contribution in [1.82, 2.24) is 20.4 Å². The molecule has 1 saturated heterocycles. The van der Waals surface area contributed by atoms with Crippen molar-refractivity contribution in [2.45, 2.75) is 38.1 Å². The van der Waals surface area contributed by atoms with Crippen molar-refractivity contribution < 1.29 is 4.79 Å². The molecule has 2 aliphatic rings. The largest absolute Gasteiger partial charge is 0.352 e. The molecule has 1 saturated carbocycles. The molecule has 0 spiro atoms. The van der Waals surface area contributed by atoms with Crippen molar-refractivity contribution in [3.63, 3.8) is 0 Å². The van der Waals surface area contributed by atoms with Crippen LogP contribution in [0, 0.1) is 0 Å². The number of nitrogens with zero attached hydrogens (tertiary/aromatic N) is 4. The molecule has 2 heterocycles. The SMILES string of the molecule is O=C(NC1CCCCC1)N1CCN(c2ccc(-c3ccccc3)nn2)CC1. The fraction of sp³-hybridized carbons (Fsp3) is 0.476. The van der Waals surface area contributed by atoms with Crippen LogP contribution in [-0.4, -0.2) is 53.3 Å². The van der Waals surface area contributed by atoms with E-state index in [4.69, 9.17) is 0 Å². The molecule has 0 radical (unpaired) electrons. The van der Waals surface area contributed by atoms with Gasteiger partial charge in [0.1, 0.15) is 0 Å². The average molecular weight is 365 g/mol. The lowest BCUT2D eigenvalue weighted by Gasteiger charge is -2.36. The topological polar surface area (TPSA) is 61.4 Å². The Morgan fingerprint density at radius 3 is 2.30 bits per heavy atom. The van der Waals surface area contributed by atoms with Gasteiger partial charge in [0.25, 0.3) is 0 Å². The lowest BCUT2D eigenvalue weighted by molar-refractivity contribution is 0.186. The predicted molar refractivity (Wildman–Crippen MR) is 107 cm³/mol. The number of nitrogens with one attached hydrogen (secondary N) is 1. The molecule has 1 aliphatic heterocycles. The molecule has 0 atom stereocenters. The lowest BCUT2D eigenvalue weighted by Crippen LogP contribution is -2.53. The third-order valence-electron chi connectivity index (χ3n) is 5.54. The molecule has 1 N–H and O–H groups in total. The smallest absolute Gasteiger partial charge is 0.317 e. The van der Waals surface area contributed by atoms with E-state index in [1.807, 2.05) is 47.4 Å². The zero-order chi connectivity index (χ0) is 18.5. The number of aromatic nitrogens is 2. The van der Waals surface area contributed by atoms with E-state index in [9.17, 15) is 4.79 Å². The van der Waals surface area contributed by atoms with E-state index >= 15 is 0 Å². The standard InChI is InChI=1S/C21H27N5O/c27-21(22-18-9-5-2-6-10-18)26-15-13-25(14-16-26)20-12-11-19(23-24-20)17-7-3-1-4-8-17/h1,3-4,7-8,11-12,18H,2,5-6,9-10,13-16H2,(H,22,27). The Balaban J connectivity index is 1.30. The molecule has 0 unspecified atom stereocenters. The Hall–Kier alpha value is -2.63. The summed E-state index contributed by atoms with van der Waals surface area (Å²) in [7, 11) is 0. The Kier molecular flexibility index (Phi) is 5.51. The van der Waals surface area contributed by atoms with E-state index in [1.165, 1.54) is 19.3 Å². The quantitative estimate of drug-likeness (QED) is 0.906. The van der Waals surface area contributed by atoms with Crippen LogP contribution in [0.1, 0.15) is 32.1 Å². The molecule has 1 aliphatic carbocycles. The van der Waals surface area contributed by atoms with Gasteiger partial charge >= 0.3 is 6.03 Å². The van der Waals surface area contributed by atoms with Gasteiger partial charge in [-0.25, -0.2) is 4.79 Å². The van der Waals surface area contributed by atoms with Gasteiger partial charge in [0, 0.05) is 37.8 Å². The van der Waals surface area contributed by atoms with Gasteiger partial charge in [-0.2, -0.15) is 0 Å². The molecule has 1 aromatic carbocycles. The summed E-state index contributed by atoms with van der Waals surface area (Å²) in [6.07, 6.45) is 6.01. The number of benzene rings is 1. The van der Waals surface area contributed by atoms with Crippen molar-refractivity contribution in [2.75, 3.05) is 31.1 Å². The maximum atomic E-state index is 12.5. The maximum absolute atomic E-state index is 12.5. The third kappa shape index (κ3) is 4.38. The number of carbonyl (C=O) groups is 1. The van der Waals surface area contributed by atoms with Gasteiger partial charge in [-0.15, -0.1) is 10.2 Å².